The summed E-state index contributed by atoms with van der Waals surface area (Å²) in [7, 11) is 0. The minimum Gasteiger partial charge on any atom is -0.383 e. The Hall–Kier alpha value is -2.94. The first-order chi connectivity index (χ1) is 15.1. The highest BCUT2D eigenvalue weighted by molar-refractivity contribution is 6.35. The lowest BCUT2D eigenvalue weighted by Gasteiger charge is -2.22. The van der Waals surface area contributed by atoms with Gasteiger partial charge in [-0.25, -0.2) is 4.98 Å². The first kappa shape index (κ1) is 20.0. The van der Waals surface area contributed by atoms with E-state index in [2.05, 4.69) is 25.5 Å². The molecule has 3 N–H and O–H groups in total. The Morgan fingerprint density at radius 3 is 2.74 bits per heavy atom. The van der Waals surface area contributed by atoms with Gasteiger partial charge in [-0.05, 0) is 50.2 Å². The molecule has 0 amide bonds. The third-order valence-electron chi connectivity index (χ3n) is 5.36. The van der Waals surface area contributed by atoms with Crippen molar-refractivity contribution < 1.29 is 4.52 Å². The van der Waals surface area contributed by atoms with Crippen LogP contribution in [0.25, 0.3) is 34.0 Å². The maximum Gasteiger partial charge on any atom is 0.259 e. The van der Waals surface area contributed by atoms with Crippen molar-refractivity contribution in [3.8, 4) is 34.0 Å². The Kier molecular flexibility index (Phi) is 5.35. The van der Waals surface area contributed by atoms with Crippen LogP contribution in [-0.2, 0) is 0 Å². The summed E-state index contributed by atoms with van der Waals surface area (Å²) in [6, 6.07) is 7.34. The van der Waals surface area contributed by atoms with Gasteiger partial charge < -0.3 is 15.6 Å². The molecule has 4 aromatic rings. The molecular weight excluding hydrogens is 437 g/mol. The molecule has 5 rings (SSSR count). The fraction of sp³-hybridized carbons (Fsp3) is 0.238. The third kappa shape index (κ3) is 4.01. The molecule has 158 valence electrons. The molecule has 1 aliphatic heterocycles. The van der Waals surface area contributed by atoms with Crippen molar-refractivity contribution in [3.05, 3.63) is 52.9 Å². The molecule has 0 spiro atoms. The number of rotatable bonds is 4. The topological polar surface area (TPSA) is 108 Å². The summed E-state index contributed by atoms with van der Waals surface area (Å²) >= 11 is 12.3. The minimum absolute atomic E-state index is 0.256. The van der Waals surface area contributed by atoms with Crippen LogP contribution in [0.1, 0.15) is 18.9 Å². The molecule has 8 nitrogen and oxygen atoms in total. The number of nitrogens with two attached hydrogens (primary N) is 1. The first-order valence-electron chi connectivity index (χ1n) is 9.89. The molecule has 0 radical (unpaired) electrons. The Morgan fingerprint density at radius 2 is 1.90 bits per heavy atom. The smallest absolute Gasteiger partial charge is 0.259 e. The average Bonchev–Trinajstić information content (AvgIpc) is 3.47. The van der Waals surface area contributed by atoms with Crippen LogP contribution in [0.4, 0.5) is 5.82 Å². The molecule has 10 heteroatoms. The van der Waals surface area contributed by atoms with Crippen LogP contribution in [0, 0.1) is 0 Å². The summed E-state index contributed by atoms with van der Waals surface area (Å²) in [5.74, 6) is 0.883. The highest BCUT2D eigenvalue weighted by Gasteiger charge is 2.19. The van der Waals surface area contributed by atoms with Crippen molar-refractivity contribution in [1.29, 1.82) is 0 Å². The van der Waals surface area contributed by atoms with Gasteiger partial charge in [-0.15, -0.1) is 0 Å². The van der Waals surface area contributed by atoms with E-state index < -0.39 is 0 Å². The van der Waals surface area contributed by atoms with Crippen LogP contribution in [-0.4, -0.2) is 38.0 Å². The number of piperidine rings is 1. The van der Waals surface area contributed by atoms with Crippen molar-refractivity contribution in [2.45, 2.75) is 18.9 Å². The van der Waals surface area contributed by atoms with E-state index >= 15 is 0 Å². The number of aromatic nitrogens is 5. The van der Waals surface area contributed by atoms with E-state index in [4.69, 9.17) is 33.5 Å². The SMILES string of the molecule is Nc1ncc(-c2cnn(C3CCNCC3)c2)cc1-c1noc(-c2cc(Cl)ccc2Cl)n1. The molecule has 4 heterocycles. The van der Waals surface area contributed by atoms with Crippen LogP contribution < -0.4 is 11.1 Å². The fourth-order valence-corrected chi connectivity index (χ4v) is 4.04. The number of benzene rings is 1. The second-order valence-corrected chi connectivity index (χ2v) is 8.24. The van der Waals surface area contributed by atoms with Gasteiger partial charge in [-0.3, -0.25) is 4.68 Å². The molecule has 0 saturated carbocycles. The molecule has 0 unspecified atom stereocenters. The summed E-state index contributed by atoms with van der Waals surface area (Å²) in [5.41, 5.74) is 9.06. The molecular formula is C21H19Cl2N7O. The number of nitrogens with zero attached hydrogens (tertiary/aromatic N) is 5. The van der Waals surface area contributed by atoms with Crippen LogP contribution in [0.3, 0.4) is 0 Å². The predicted molar refractivity (Wildman–Crippen MR) is 120 cm³/mol. The average molecular weight is 456 g/mol. The van der Waals surface area contributed by atoms with E-state index in [9.17, 15) is 0 Å². The van der Waals surface area contributed by atoms with E-state index in [-0.39, 0.29) is 5.89 Å². The summed E-state index contributed by atoms with van der Waals surface area (Å²) in [5, 5.41) is 13.0. The van der Waals surface area contributed by atoms with Crippen molar-refractivity contribution in [2.75, 3.05) is 18.8 Å². The largest absolute Gasteiger partial charge is 0.383 e. The van der Waals surface area contributed by atoms with E-state index in [0.29, 0.717) is 38.9 Å². The number of halogens is 2. The van der Waals surface area contributed by atoms with Crippen molar-refractivity contribution >= 4 is 29.0 Å². The lowest BCUT2D eigenvalue weighted by molar-refractivity contribution is 0.343. The highest BCUT2D eigenvalue weighted by atomic mass is 35.5. The van der Waals surface area contributed by atoms with Gasteiger partial charge in [0.2, 0.25) is 5.82 Å². The Labute approximate surface area is 188 Å². The third-order valence-corrected chi connectivity index (χ3v) is 5.93. The summed E-state index contributed by atoms with van der Waals surface area (Å²) in [4.78, 5) is 8.79. The van der Waals surface area contributed by atoms with Gasteiger partial charge in [-0.2, -0.15) is 10.1 Å². The standard InChI is InChI=1S/C21H19Cl2N7O/c22-14-1-2-18(23)16(8-14)21-28-20(29-31-21)17-7-12(9-26-19(17)24)13-10-27-30(11-13)15-3-5-25-6-4-15/h1-2,7-11,15,25H,3-6H2,(H2,24,26). The molecule has 0 bridgehead atoms. The monoisotopic (exact) mass is 455 g/mol. The van der Waals surface area contributed by atoms with Crippen molar-refractivity contribution in [1.82, 2.24) is 30.2 Å². The normalized spacial score (nSPS) is 14.8. The number of pyridine rings is 1. The van der Waals surface area contributed by atoms with Gasteiger partial charge in [0.1, 0.15) is 5.82 Å². The summed E-state index contributed by atoms with van der Waals surface area (Å²) in [6.45, 7) is 2.01. The minimum atomic E-state index is 0.256. The quantitative estimate of drug-likeness (QED) is 0.466. The second kappa shape index (κ2) is 8.30. The number of hydrogen-bond acceptors (Lipinski definition) is 7. The van der Waals surface area contributed by atoms with Gasteiger partial charge in [0, 0.05) is 28.5 Å². The second-order valence-electron chi connectivity index (χ2n) is 7.39. The molecule has 3 aromatic heterocycles. The molecule has 0 atom stereocenters. The lowest BCUT2D eigenvalue weighted by Crippen LogP contribution is -2.29. The Bertz CT molecular complexity index is 1230. The predicted octanol–water partition coefficient (Wildman–Crippen LogP) is 4.48. The molecule has 1 aromatic carbocycles. The van der Waals surface area contributed by atoms with Gasteiger partial charge in [0.15, 0.2) is 0 Å². The lowest BCUT2D eigenvalue weighted by atomic mass is 10.1. The Morgan fingerprint density at radius 1 is 1.06 bits per heavy atom. The zero-order valence-electron chi connectivity index (χ0n) is 16.4. The van der Waals surface area contributed by atoms with Gasteiger partial charge >= 0.3 is 0 Å². The van der Waals surface area contributed by atoms with E-state index in [1.54, 1.807) is 24.4 Å². The summed E-state index contributed by atoms with van der Waals surface area (Å²) in [6.07, 6.45) is 7.72. The summed E-state index contributed by atoms with van der Waals surface area (Å²) < 4.78 is 7.44. The van der Waals surface area contributed by atoms with E-state index in [1.165, 1.54) is 0 Å². The van der Waals surface area contributed by atoms with E-state index in [1.807, 2.05) is 23.1 Å². The van der Waals surface area contributed by atoms with Crippen LogP contribution >= 0.6 is 23.2 Å². The van der Waals surface area contributed by atoms with Crippen LogP contribution in [0.5, 0.6) is 0 Å². The number of anilines is 1. The Balaban J connectivity index is 1.47. The maximum atomic E-state index is 6.25. The maximum absolute atomic E-state index is 6.25. The molecule has 1 fully saturated rings. The molecule has 1 aliphatic rings. The van der Waals surface area contributed by atoms with Gasteiger partial charge in [-0.1, -0.05) is 28.4 Å². The highest BCUT2D eigenvalue weighted by Crippen LogP contribution is 2.33. The first-order valence-corrected chi connectivity index (χ1v) is 10.6. The van der Waals surface area contributed by atoms with Crippen molar-refractivity contribution in [3.63, 3.8) is 0 Å². The molecule has 1 saturated heterocycles. The fourth-order valence-electron chi connectivity index (χ4n) is 3.67. The number of hydrogen-bond donors (Lipinski definition) is 2. The zero-order valence-corrected chi connectivity index (χ0v) is 17.9. The van der Waals surface area contributed by atoms with Crippen LogP contribution in [0.15, 0.2) is 47.4 Å². The number of nitrogen functional groups attached to an aromatic ring is 1. The van der Waals surface area contributed by atoms with Crippen LogP contribution in [0.2, 0.25) is 10.0 Å². The molecule has 31 heavy (non-hydrogen) atoms. The number of nitrogens with one attached hydrogen (secondary N) is 1. The van der Waals surface area contributed by atoms with Gasteiger partial charge in [0.25, 0.3) is 5.89 Å². The zero-order chi connectivity index (χ0) is 21.4. The van der Waals surface area contributed by atoms with E-state index in [0.717, 1.165) is 37.1 Å². The van der Waals surface area contributed by atoms with Gasteiger partial charge in [0.05, 0.1) is 28.4 Å². The van der Waals surface area contributed by atoms with Crippen molar-refractivity contribution in [2.24, 2.45) is 0 Å². The molecule has 0 aliphatic carbocycles.